The Labute approximate surface area is 153 Å². The minimum absolute atomic E-state index is 0. The third kappa shape index (κ3) is 3.89. The Morgan fingerprint density at radius 3 is 2.48 bits per heavy atom. The van der Waals surface area contributed by atoms with Gasteiger partial charge >= 0.3 is 0 Å². The zero-order chi connectivity index (χ0) is 17.0. The van der Waals surface area contributed by atoms with Gasteiger partial charge in [-0.3, -0.25) is 0 Å². The van der Waals surface area contributed by atoms with Gasteiger partial charge in [-0.1, -0.05) is 5.16 Å². The zero-order valence-electron chi connectivity index (χ0n) is 14.7. The van der Waals surface area contributed by atoms with Crippen molar-refractivity contribution in [3.8, 4) is 22.9 Å². The van der Waals surface area contributed by atoms with Crippen LogP contribution < -0.4 is 14.8 Å². The number of aromatic nitrogens is 2. The number of ether oxygens (including phenoxy) is 3. The lowest BCUT2D eigenvalue weighted by molar-refractivity contribution is 0.0850. The van der Waals surface area contributed by atoms with Crippen LogP contribution in [0.3, 0.4) is 0 Å². The van der Waals surface area contributed by atoms with E-state index < -0.39 is 0 Å². The predicted octanol–water partition coefficient (Wildman–Crippen LogP) is 2.44. The van der Waals surface area contributed by atoms with E-state index in [0.717, 1.165) is 31.5 Å². The van der Waals surface area contributed by atoms with E-state index in [-0.39, 0.29) is 17.8 Å². The molecule has 3 rings (SSSR count). The maximum atomic E-state index is 5.60. The normalized spacial score (nSPS) is 16.1. The van der Waals surface area contributed by atoms with Crippen molar-refractivity contribution in [1.82, 2.24) is 15.5 Å². The molecule has 1 aromatic carbocycles. The Morgan fingerprint density at radius 2 is 1.84 bits per heavy atom. The first-order valence-electron chi connectivity index (χ1n) is 7.98. The number of piperidine rings is 1. The van der Waals surface area contributed by atoms with E-state index >= 15 is 0 Å². The van der Waals surface area contributed by atoms with Gasteiger partial charge in [0.15, 0.2) is 11.5 Å². The summed E-state index contributed by atoms with van der Waals surface area (Å²) < 4.78 is 21.6. The van der Waals surface area contributed by atoms with Crippen LogP contribution in [-0.2, 0) is 10.2 Å². The van der Waals surface area contributed by atoms with Crippen LogP contribution in [0.2, 0.25) is 0 Å². The van der Waals surface area contributed by atoms with E-state index in [1.807, 2.05) is 18.2 Å². The van der Waals surface area contributed by atoms with Crippen molar-refractivity contribution in [3.05, 3.63) is 24.1 Å². The van der Waals surface area contributed by atoms with Crippen molar-refractivity contribution < 1.29 is 18.7 Å². The molecule has 0 atom stereocenters. The van der Waals surface area contributed by atoms with Crippen molar-refractivity contribution in [3.63, 3.8) is 0 Å². The van der Waals surface area contributed by atoms with Crippen molar-refractivity contribution in [1.29, 1.82) is 0 Å². The highest BCUT2D eigenvalue weighted by Gasteiger charge is 2.39. The molecule has 8 heteroatoms. The molecule has 0 bridgehead atoms. The van der Waals surface area contributed by atoms with Crippen LogP contribution in [-0.4, -0.2) is 51.2 Å². The molecular weight excluding hydrogens is 346 g/mol. The molecule has 138 valence electrons. The molecule has 1 aromatic heterocycles. The minimum Gasteiger partial charge on any atom is -0.493 e. The zero-order valence-corrected chi connectivity index (χ0v) is 15.5. The summed E-state index contributed by atoms with van der Waals surface area (Å²) in [5, 5.41) is 7.52. The molecular formula is C17H24ClN3O4. The third-order valence-electron chi connectivity index (χ3n) is 4.50. The number of rotatable bonds is 6. The number of nitrogens with one attached hydrogen (secondary N) is 1. The largest absolute Gasteiger partial charge is 0.493 e. The maximum Gasteiger partial charge on any atom is 0.235 e. The smallest absolute Gasteiger partial charge is 0.235 e. The van der Waals surface area contributed by atoms with Crippen LogP contribution in [0.5, 0.6) is 11.5 Å². The highest BCUT2D eigenvalue weighted by molar-refractivity contribution is 5.85. The third-order valence-corrected chi connectivity index (χ3v) is 4.50. The predicted molar refractivity (Wildman–Crippen MR) is 95.7 cm³/mol. The van der Waals surface area contributed by atoms with Crippen LogP contribution in [0.15, 0.2) is 22.7 Å². The monoisotopic (exact) mass is 369 g/mol. The second kappa shape index (κ2) is 8.51. The van der Waals surface area contributed by atoms with Gasteiger partial charge in [0.1, 0.15) is 0 Å². The first kappa shape index (κ1) is 19.5. The molecule has 1 fully saturated rings. The molecule has 0 amide bonds. The number of halogens is 1. The lowest BCUT2D eigenvalue weighted by Gasteiger charge is -2.33. The molecule has 25 heavy (non-hydrogen) atoms. The summed E-state index contributed by atoms with van der Waals surface area (Å²) in [6.07, 6.45) is 1.82. The van der Waals surface area contributed by atoms with Gasteiger partial charge in [-0.25, -0.2) is 0 Å². The molecule has 2 aromatic rings. The number of methoxy groups -OCH3 is 3. The molecule has 7 nitrogen and oxygen atoms in total. The molecule has 0 spiro atoms. The average molecular weight is 370 g/mol. The fourth-order valence-corrected chi connectivity index (χ4v) is 3.13. The summed E-state index contributed by atoms with van der Waals surface area (Å²) in [6, 6.07) is 5.57. The number of hydrogen-bond donors (Lipinski definition) is 1. The van der Waals surface area contributed by atoms with E-state index in [0.29, 0.717) is 29.8 Å². The Hall–Kier alpha value is -1.83. The van der Waals surface area contributed by atoms with Crippen molar-refractivity contribution in [2.75, 3.05) is 41.0 Å². The lowest BCUT2D eigenvalue weighted by Crippen LogP contribution is -2.43. The summed E-state index contributed by atoms with van der Waals surface area (Å²) in [6.45, 7) is 2.40. The Morgan fingerprint density at radius 1 is 1.12 bits per heavy atom. The molecule has 0 unspecified atom stereocenters. The summed E-state index contributed by atoms with van der Waals surface area (Å²) in [4.78, 5) is 4.64. The second-order valence-electron chi connectivity index (χ2n) is 5.96. The topological polar surface area (TPSA) is 78.6 Å². The number of nitrogens with zero attached hydrogens (tertiary/aromatic N) is 2. The van der Waals surface area contributed by atoms with Crippen LogP contribution in [0.25, 0.3) is 11.4 Å². The standard InChI is InChI=1S/C17H23N3O4.ClH/c1-21-11-17(6-8-18-9-7-17)16-19-15(20-24-16)12-4-5-13(22-2)14(10-12)23-3;/h4-5,10,18H,6-9,11H2,1-3H3;1H. The van der Waals surface area contributed by atoms with Gasteiger partial charge in [0.25, 0.3) is 0 Å². The quantitative estimate of drug-likeness (QED) is 0.837. The number of hydrogen-bond acceptors (Lipinski definition) is 7. The Bertz CT molecular complexity index is 681. The van der Waals surface area contributed by atoms with E-state index in [9.17, 15) is 0 Å². The van der Waals surface area contributed by atoms with Crippen LogP contribution in [0.4, 0.5) is 0 Å². The van der Waals surface area contributed by atoms with Crippen molar-refractivity contribution in [2.45, 2.75) is 18.3 Å². The summed E-state index contributed by atoms with van der Waals surface area (Å²) in [7, 11) is 4.91. The maximum absolute atomic E-state index is 5.60. The van der Waals surface area contributed by atoms with Gasteiger partial charge in [-0.05, 0) is 44.1 Å². The summed E-state index contributed by atoms with van der Waals surface area (Å²) in [5.74, 6) is 2.48. The van der Waals surface area contributed by atoms with Crippen LogP contribution in [0.1, 0.15) is 18.7 Å². The average Bonchev–Trinajstić information content (AvgIpc) is 3.13. The minimum atomic E-state index is -0.220. The highest BCUT2D eigenvalue weighted by Crippen LogP contribution is 2.35. The van der Waals surface area contributed by atoms with Gasteiger partial charge in [0, 0.05) is 12.7 Å². The highest BCUT2D eigenvalue weighted by atomic mass is 35.5. The van der Waals surface area contributed by atoms with Gasteiger partial charge in [0.2, 0.25) is 11.7 Å². The Balaban J connectivity index is 0.00000225. The Kier molecular flexibility index (Phi) is 6.64. The molecule has 2 heterocycles. The van der Waals surface area contributed by atoms with Crippen LogP contribution in [0, 0.1) is 0 Å². The van der Waals surface area contributed by atoms with E-state index in [4.69, 9.17) is 18.7 Å². The fourth-order valence-electron chi connectivity index (χ4n) is 3.13. The molecule has 1 aliphatic rings. The summed E-state index contributed by atoms with van der Waals surface area (Å²) >= 11 is 0. The molecule has 1 N–H and O–H groups in total. The number of benzene rings is 1. The van der Waals surface area contributed by atoms with Crippen molar-refractivity contribution in [2.24, 2.45) is 0 Å². The fraction of sp³-hybridized carbons (Fsp3) is 0.529. The van der Waals surface area contributed by atoms with Gasteiger partial charge in [0.05, 0.1) is 26.2 Å². The second-order valence-corrected chi connectivity index (χ2v) is 5.96. The van der Waals surface area contributed by atoms with Crippen molar-refractivity contribution >= 4 is 12.4 Å². The summed E-state index contributed by atoms with van der Waals surface area (Å²) in [5.41, 5.74) is 0.603. The SMILES string of the molecule is COCC1(c2nc(-c3ccc(OC)c(OC)c3)no2)CCNCC1.Cl. The van der Waals surface area contributed by atoms with Gasteiger partial charge < -0.3 is 24.1 Å². The van der Waals surface area contributed by atoms with E-state index in [1.54, 1.807) is 21.3 Å². The van der Waals surface area contributed by atoms with Crippen LogP contribution >= 0.6 is 12.4 Å². The molecule has 1 saturated heterocycles. The molecule has 0 saturated carbocycles. The van der Waals surface area contributed by atoms with Gasteiger partial charge in [-0.2, -0.15) is 4.98 Å². The molecule has 1 aliphatic heterocycles. The van der Waals surface area contributed by atoms with Gasteiger partial charge in [-0.15, -0.1) is 12.4 Å². The van der Waals surface area contributed by atoms with E-state index in [2.05, 4.69) is 15.5 Å². The first-order valence-corrected chi connectivity index (χ1v) is 7.98. The van der Waals surface area contributed by atoms with E-state index in [1.165, 1.54) is 0 Å². The molecule has 0 radical (unpaired) electrons. The lowest BCUT2D eigenvalue weighted by atomic mass is 9.79. The first-order chi connectivity index (χ1) is 11.7. The molecule has 0 aliphatic carbocycles.